The van der Waals surface area contributed by atoms with Gasteiger partial charge in [-0.3, -0.25) is 0 Å². The van der Waals surface area contributed by atoms with Crippen LogP contribution in [0.1, 0.15) is 5.56 Å². The highest BCUT2D eigenvalue weighted by Gasteiger charge is 2.12. The average molecular weight is 311 g/mol. The zero-order valence-electron chi connectivity index (χ0n) is 12.4. The molecule has 0 atom stereocenters. The fourth-order valence-corrected chi connectivity index (χ4v) is 2.56. The summed E-state index contributed by atoms with van der Waals surface area (Å²) in [6.45, 7) is 5.11. The maximum atomic E-state index is 4.57. The van der Waals surface area contributed by atoms with Crippen molar-refractivity contribution in [1.82, 2.24) is 19.7 Å². The van der Waals surface area contributed by atoms with E-state index in [2.05, 4.69) is 39.1 Å². The van der Waals surface area contributed by atoms with E-state index in [1.165, 1.54) is 17.3 Å². The van der Waals surface area contributed by atoms with Gasteiger partial charge in [-0.25, -0.2) is 14.6 Å². The van der Waals surface area contributed by atoms with E-state index < -0.39 is 0 Å². The topological polar surface area (TPSA) is 55.6 Å². The summed E-state index contributed by atoms with van der Waals surface area (Å²) in [6.07, 6.45) is 5.58. The van der Waals surface area contributed by atoms with E-state index >= 15 is 0 Å². The van der Waals surface area contributed by atoms with Crippen LogP contribution in [0, 0.1) is 0 Å². The molecule has 2 aromatic heterocycles. The maximum Gasteiger partial charge on any atom is 0.191 e. The van der Waals surface area contributed by atoms with Crippen LogP contribution in [0.4, 0.5) is 5.82 Å². The maximum absolute atomic E-state index is 4.57. The van der Waals surface area contributed by atoms with Crippen molar-refractivity contribution in [2.24, 2.45) is 0 Å². The van der Waals surface area contributed by atoms with Gasteiger partial charge in [0.25, 0.3) is 0 Å². The van der Waals surface area contributed by atoms with E-state index in [-0.39, 0.29) is 0 Å². The van der Waals surface area contributed by atoms with Crippen molar-refractivity contribution >= 4 is 28.6 Å². The third-order valence-corrected chi connectivity index (χ3v) is 3.81. The van der Waals surface area contributed by atoms with Crippen LogP contribution in [0.5, 0.6) is 0 Å². The quantitative estimate of drug-likeness (QED) is 0.430. The summed E-state index contributed by atoms with van der Waals surface area (Å²) in [5.41, 5.74) is 2.04. The molecule has 0 aliphatic heterocycles. The number of hydrogen-bond acceptors (Lipinski definition) is 5. The summed E-state index contributed by atoms with van der Waals surface area (Å²) in [6, 6.07) is 10.2. The van der Waals surface area contributed by atoms with Gasteiger partial charge in [0.15, 0.2) is 10.8 Å². The summed E-state index contributed by atoms with van der Waals surface area (Å²) in [7, 11) is 0. The number of hydrogen-bond donors (Lipinski definition) is 1. The van der Waals surface area contributed by atoms with Gasteiger partial charge < -0.3 is 5.32 Å². The number of fused-ring (bicyclic) bond motifs is 1. The molecule has 0 fully saturated rings. The molecule has 112 valence electrons. The third kappa shape index (κ3) is 2.96. The van der Waals surface area contributed by atoms with E-state index in [1.807, 2.05) is 35.2 Å². The van der Waals surface area contributed by atoms with Gasteiger partial charge in [0, 0.05) is 6.54 Å². The molecule has 0 aliphatic carbocycles. The molecule has 0 spiro atoms. The standard InChI is InChI=1S/C16H17N5S/c1-3-9-21-15-13(11-18-21)14(19-16(20-15)22-2)17-10-12-7-5-4-6-8-12/h3-8,11H,1,9-10H2,2H3,(H,17,19,20). The van der Waals surface area contributed by atoms with Gasteiger partial charge >= 0.3 is 0 Å². The number of nitrogens with one attached hydrogen (secondary N) is 1. The second kappa shape index (κ2) is 6.62. The molecule has 0 unspecified atom stereocenters. The summed E-state index contributed by atoms with van der Waals surface area (Å²) < 4.78 is 1.83. The summed E-state index contributed by atoms with van der Waals surface area (Å²) in [5.74, 6) is 0.813. The van der Waals surface area contributed by atoms with Crippen molar-refractivity contribution in [2.75, 3.05) is 11.6 Å². The van der Waals surface area contributed by atoms with Crippen molar-refractivity contribution in [2.45, 2.75) is 18.2 Å². The fourth-order valence-electron chi connectivity index (χ4n) is 2.20. The summed E-state index contributed by atoms with van der Waals surface area (Å²) >= 11 is 1.52. The molecule has 6 heteroatoms. The molecule has 0 amide bonds. The second-order valence-electron chi connectivity index (χ2n) is 4.75. The van der Waals surface area contributed by atoms with E-state index in [1.54, 1.807) is 6.20 Å². The molecule has 1 N–H and O–H groups in total. The molecule has 3 aromatic rings. The Hall–Kier alpha value is -2.34. The summed E-state index contributed by atoms with van der Waals surface area (Å²) in [5, 5.41) is 9.42. The molecule has 0 aliphatic rings. The first kappa shape index (κ1) is 14.6. The zero-order chi connectivity index (χ0) is 15.4. The van der Waals surface area contributed by atoms with Crippen molar-refractivity contribution < 1.29 is 0 Å². The Bertz CT molecular complexity index is 782. The lowest BCUT2D eigenvalue weighted by molar-refractivity contribution is 0.715. The second-order valence-corrected chi connectivity index (χ2v) is 5.52. The number of allylic oxidation sites excluding steroid dienone is 1. The average Bonchev–Trinajstić information content (AvgIpc) is 2.97. The van der Waals surface area contributed by atoms with Crippen molar-refractivity contribution in [3.8, 4) is 0 Å². The van der Waals surface area contributed by atoms with E-state index in [9.17, 15) is 0 Å². The van der Waals surface area contributed by atoms with Crippen LogP contribution in [-0.4, -0.2) is 26.0 Å². The van der Waals surface area contributed by atoms with Gasteiger partial charge in [-0.1, -0.05) is 48.2 Å². The Labute approximate surface area is 133 Å². The smallest absolute Gasteiger partial charge is 0.191 e. The number of nitrogens with zero attached hydrogens (tertiary/aromatic N) is 4. The first-order chi connectivity index (χ1) is 10.8. The largest absolute Gasteiger partial charge is 0.365 e. The van der Waals surface area contributed by atoms with Crippen LogP contribution in [0.15, 0.2) is 54.3 Å². The van der Waals surface area contributed by atoms with Gasteiger partial charge in [-0.2, -0.15) is 5.10 Å². The predicted octanol–water partition coefficient (Wildman–Crippen LogP) is 3.35. The molecular weight excluding hydrogens is 294 g/mol. The van der Waals surface area contributed by atoms with Crippen LogP contribution < -0.4 is 5.32 Å². The van der Waals surface area contributed by atoms with E-state index in [0.29, 0.717) is 13.1 Å². The fraction of sp³-hybridized carbons (Fsp3) is 0.188. The van der Waals surface area contributed by atoms with Crippen LogP contribution in [0.3, 0.4) is 0 Å². The van der Waals surface area contributed by atoms with Gasteiger partial charge in [0.1, 0.15) is 5.82 Å². The Balaban J connectivity index is 1.95. The Kier molecular flexibility index (Phi) is 4.39. The monoisotopic (exact) mass is 311 g/mol. The molecular formula is C16H17N5S. The molecule has 0 radical (unpaired) electrons. The molecule has 22 heavy (non-hydrogen) atoms. The minimum atomic E-state index is 0.631. The van der Waals surface area contributed by atoms with Crippen LogP contribution in [-0.2, 0) is 13.1 Å². The molecule has 5 nitrogen and oxygen atoms in total. The SMILES string of the molecule is C=CCn1ncc2c(NCc3ccccc3)nc(SC)nc21. The Morgan fingerprint density at radius 3 is 2.82 bits per heavy atom. The summed E-state index contributed by atoms with van der Waals surface area (Å²) in [4.78, 5) is 9.12. The number of anilines is 1. The van der Waals surface area contributed by atoms with Crippen molar-refractivity contribution in [3.05, 3.63) is 54.7 Å². The molecule has 1 aromatic carbocycles. The van der Waals surface area contributed by atoms with Gasteiger partial charge in [0.05, 0.1) is 18.1 Å². The number of benzene rings is 1. The van der Waals surface area contributed by atoms with Crippen molar-refractivity contribution in [1.29, 1.82) is 0 Å². The van der Waals surface area contributed by atoms with Gasteiger partial charge in [-0.05, 0) is 11.8 Å². The molecule has 0 bridgehead atoms. The van der Waals surface area contributed by atoms with Crippen LogP contribution in [0.25, 0.3) is 11.0 Å². The highest BCUT2D eigenvalue weighted by molar-refractivity contribution is 7.98. The van der Waals surface area contributed by atoms with E-state index in [4.69, 9.17) is 0 Å². The third-order valence-electron chi connectivity index (χ3n) is 3.26. The number of thioether (sulfide) groups is 1. The highest BCUT2D eigenvalue weighted by atomic mass is 32.2. The molecule has 0 saturated carbocycles. The zero-order valence-corrected chi connectivity index (χ0v) is 13.2. The molecule has 0 saturated heterocycles. The lowest BCUT2D eigenvalue weighted by atomic mass is 10.2. The first-order valence-electron chi connectivity index (χ1n) is 6.98. The van der Waals surface area contributed by atoms with Crippen LogP contribution in [0.2, 0.25) is 0 Å². The molecule has 3 rings (SSSR count). The van der Waals surface area contributed by atoms with E-state index in [0.717, 1.165) is 22.0 Å². The number of aromatic nitrogens is 4. The normalized spacial score (nSPS) is 10.8. The van der Waals surface area contributed by atoms with Gasteiger partial charge in [-0.15, -0.1) is 6.58 Å². The van der Waals surface area contributed by atoms with Gasteiger partial charge in [0.2, 0.25) is 0 Å². The van der Waals surface area contributed by atoms with Crippen LogP contribution >= 0.6 is 11.8 Å². The lowest BCUT2D eigenvalue weighted by Gasteiger charge is -2.08. The lowest BCUT2D eigenvalue weighted by Crippen LogP contribution is -2.05. The molecule has 2 heterocycles. The minimum absolute atomic E-state index is 0.631. The predicted molar refractivity (Wildman–Crippen MR) is 91.1 cm³/mol. The Morgan fingerprint density at radius 2 is 2.09 bits per heavy atom. The van der Waals surface area contributed by atoms with Crippen molar-refractivity contribution in [3.63, 3.8) is 0 Å². The first-order valence-corrected chi connectivity index (χ1v) is 8.20. The Morgan fingerprint density at radius 1 is 1.27 bits per heavy atom. The highest BCUT2D eigenvalue weighted by Crippen LogP contribution is 2.23. The minimum Gasteiger partial charge on any atom is -0.365 e. The number of rotatable bonds is 6.